The SMILES string of the molecule is Cc1cnc(-c2noc(-c3c(C)cccc3N)n2)c(C)c1. The predicted molar refractivity (Wildman–Crippen MR) is 81.6 cm³/mol. The molecule has 5 heteroatoms. The highest BCUT2D eigenvalue weighted by molar-refractivity contribution is 5.74. The first kappa shape index (κ1) is 13.3. The van der Waals surface area contributed by atoms with Crippen LogP contribution in [-0.4, -0.2) is 15.1 Å². The zero-order valence-corrected chi connectivity index (χ0v) is 12.2. The van der Waals surface area contributed by atoms with Crippen molar-refractivity contribution >= 4 is 5.69 Å². The third-order valence-corrected chi connectivity index (χ3v) is 3.37. The van der Waals surface area contributed by atoms with Crippen molar-refractivity contribution in [3.8, 4) is 23.0 Å². The van der Waals surface area contributed by atoms with Crippen LogP contribution in [0.5, 0.6) is 0 Å². The molecule has 0 saturated carbocycles. The first-order chi connectivity index (χ1) is 10.1. The number of nitrogen functional groups attached to an aromatic ring is 1. The summed E-state index contributed by atoms with van der Waals surface area (Å²) in [5.41, 5.74) is 11.2. The van der Waals surface area contributed by atoms with Crippen LogP contribution in [0.3, 0.4) is 0 Å². The number of pyridine rings is 1. The van der Waals surface area contributed by atoms with Crippen LogP contribution in [0.25, 0.3) is 23.0 Å². The first-order valence-corrected chi connectivity index (χ1v) is 6.69. The highest BCUT2D eigenvalue weighted by Crippen LogP contribution is 2.29. The lowest BCUT2D eigenvalue weighted by molar-refractivity contribution is 0.432. The van der Waals surface area contributed by atoms with E-state index >= 15 is 0 Å². The predicted octanol–water partition coefficient (Wildman–Crippen LogP) is 3.31. The summed E-state index contributed by atoms with van der Waals surface area (Å²) in [6, 6.07) is 7.73. The standard InChI is InChI=1S/C16H16N4O/c1-9-7-11(3)14(18-8-9)15-19-16(21-20-15)13-10(2)5-4-6-12(13)17/h4-8H,17H2,1-3H3. The van der Waals surface area contributed by atoms with Gasteiger partial charge in [0.1, 0.15) is 5.69 Å². The quantitative estimate of drug-likeness (QED) is 0.729. The molecule has 0 saturated heterocycles. The molecule has 2 N–H and O–H groups in total. The van der Waals surface area contributed by atoms with E-state index < -0.39 is 0 Å². The molecule has 0 aliphatic rings. The van der Waals surface area contributed by atoms with Gasteiger partial charge in [-0.3, -0.25) is 4.98 Å². The molecule has 1 aromatic carbocycles. The zero-order chi connectivity index (χ0) is 15.0. The third kappa shape index (κ3) is 2.38. The van der Waals surface area contributed by atoms with Gasteiger partial charge in [-0.2, -0.15) is 4.98 Å². The van der Waals surface area contributed by atoms with Crippen LogP contribution in [0.15, 0.2) is 35.0 Å². The summed E-state index contributed by atoms with van der Waals surface area (Å²) in [5, 5.41) is 4.03. The van der Waals surface area contributed by atoms with Crippen LogP contribution in [0, 0.1) is 20.8 Å². The molecule has 0 radical (unpaired) electrons. The molecule has 0 unspecified atom stereocenters. The van der Waals surface area contributed by atoms with Crippen LogP contribution in [0.1, 0.15) is 16.7 Å². The number of benzene rings is 1. The fourth-order valence-corrected chi connectivity index (χ4v) is 2.35. The molecule has 2 heterocycles. The maximum Gasteiger partial charge on any atom is 0.260 e. The van der Waals surface area contributed by atoms with Crippen molar-refractivity contribution in [2.24, 2.45) is 0 Å². The molecule has 3 aromatic rings. The maximum absolute atomic E-state index is 6.01. The lowest BCUT2D eigenvalue weighted by atomic mass is 10.1. The molecule has 0 atom stereocenters. The van der Waals surface area contributed by atoms with Gasteiger partial charge in [0.25, 0.3) is 5.89 Å². The number of aryl methyl sites for hydroxylation is 3. The van der Waals surface area contributed by atoms with Gasteiger partial charge in [0.05, 0.1) is 5.56 Å². The van der Waals surface area contributed by atoms with Crippen molar-refractivity contribution in [3.63, 3.8) is 0 Å². The van der Waals surface area contributed by atoms with Crippen LogP contribution in [0.4, 0.5) is 5.69 Å². The Labute approximate surface area is 122 Å². The van der Waals surface area contributed by atoms with Gasteiger partial charge in [-0.05, 0) is 43.5 Å². The van der Waals surface area contributed by atoms with E-state index in [4.69, 9.17) is 10.3 Å². The molecule has 0 bridgehead atoms. The van der Waals surface area contributed by atoms with Crippen molar-refractivity contribution in [1.29, 1.82) is 0 Å². The third-order valence-electron chi connectivity index (χ3n) is 3.37. The summed E-state index contributed by atoms with van der Waals surface area (Å²) in [6.07, 6.45) is 1.79. The van der Waals surface area contributed by atoms with E-state index in [1.165, 1.54) is 0 Å². The number of rotatable bonds is 2. The molecule has 0 aliphatic carbocycles. The van der Waals surface area contributed by atoms with Gasteiger partial charge < -0.3 is 10.3 Å². The van der Waals surface area contributed by atoms with E-state index in [2.05, 4.69) is 15.1 Å². The van der Waals surface area contributed by atoms with Crippen LogP contribution in [-0.2, 0) is 0 Å². The number of nitrogens with two attached hydrogens (primary N) is 1. The molecular formula is C16H16N4O. The Kier molecular flexibility index (Phi) is 3.17. The smallest absolute Gasteiger partial charge is 0.260 e. The van der Waals surface area contributed by atoms with E-state index in [0.717, 1.165) is 27.9 Å². The van der Waals surface area contributed by atoms with E-state index in [9.17, 15) is 0 Å². The lowest BCUT2D eigenvalue weighted by Gasteiger charge is -2.03. The second-order valence-corrected chi connectivity index (χ2v) is 5.14. The highest BCUT2D eigenvalue weighted by Gasteiger charge is 2.16. The average Bonchev–Trinajstić information content (AvgIpc) is 2.87. The van der Waals surface area contributed by atoms with E-state index in [-0.39, 0.29) is 0 Å². The summed E-state index contributed by atoms with van der Waals surface area (Å²) in [7, 11) is 0. The largest absolute Gasteiger partial charge is 0.398 e. The summed E-state index contributed by atoms with van der Waals surface area (Å²) in [6.45, 7) is 5.94. The molecular weight excluding hydrogens is 264 g/mol. The minimum atomic E-state index is 0.419. The lowest BCUT2D eigenvalue weighted by Crippen LogP contribution is -1.94. The van der Waals surface area contributed by atoms with Crippen molar-refractivity contribution < 1.29 is 4.52 Å². The van der Waals surface area contributed by atoms with Gasteiger partial charge in [-0.25, -0.2) is 0 Å². The van der Waals surface area contributed by atoms with Crippen molar-refractivity contribution in [3.05, 3.63) is 47.2 Å². The van der Waals surface area contributed by atoms with Crippen molar-refractivity contribution in [2.45, 2.75) is 20.8 Å². The Hall–Kier alpha value is -2.69. The average molecular weight is 280 g/mol. The fourth-order valence-electron chi connectivity index (χ4n) is 2.35. The van der Waals surface area contributed by atoms with Gasteiger partial charge >= 0.3 is 0 Å². The highest BCUT2D eigenvalue weighted by atomic mass is 16.5. The summed E-state index contributed by atoms with van der Waals surface area (Å²) >= 11 is 0. The molecule has 0 aliphatic heterocycles. The molecule has 3 rings (SSSR count). The number of aromatic nitrogens is 3. The molecule has 21 heavy (non-hydrogen) atoms. The minimum absolute atomic E-state index is 0.419. The Morgan fingerprint density at radius 1 is 1.10 bits per heavy atom. The molecule has 106 valence electrons. The first-order valence-electron chi connectivity index (χ1n) is 6.69. The van der Waals surface area contributed by atoms with Gasteiger partial charge in [-0.1, -0.05) is 23.4 Å². The van der Waals surface area contributed by atoms with Crippen LogP contribution in [0.2, 0.25) is 0 Å². The Balaban J connectivity index is 2.08. The van der Waals surface area contributed by atoms with Gasteiger partial charge in [0.15, 0.2) is 0 Å². The molecule has 0 amide bonds. The monoisotopic (exact) mass is 280 g/mol. The van der Waals surface area contributed by atoms with Crippen molar-refractivity contribution in [1.82, 2.24) is 15.1 Å². The number of hydrogen-bond acceptors (Lipinski definition) is 5. The van der Waals surface area contributed by atoms with Gasteiger partial charge in [0, 0.05) is 11.9 Å². The molecule has 0 fully saturated rings. The summed E-state index contributed by atoms with van der Waals surface area (Å²) in [4.78, 5) is 8.83. The molecule has 2 aromatic heterocycles. The minimum Gasteiger partial charge on any atom is -0.398 e. The molecule has 5 nitrogen and oxygen atoms in total. The van der Waals surface area contributed by atoms with Crippen molar-refractivity contribution in [2.75, 3.05) is 5.73 Å². The van der Waals surface area contributed by atoms with Crippen LogP contribution < -0.4 is 5.73 Å². The fraction of sp³-hybridized carbons (Fsp3) is 0.188. The summed E-state index contributed by atoms with van der Waals surface area (Å²) < 4.78 is 5.37. The Morgan fingerprint density at radius 3 is 2.62 bits per heavy atom. The zero-order valence-electron chi connectivity index (χ0n) is 12.2. The maximum atomic E-state index is 6.01. The van der Waals surface area contributed by atoms with E-state index in [1.54, 1.807) is 6.20 Å². The van der Waals surface area contributed by atoms with E-state index in [0.29, 0.717) is 17.4 Å². The number of nitrogens with zero attached hydrogens (tertiary/aromatic N) is 3. The molecule has 0 spiro atoms. The van der Waals surface area contributed by atoms with Crippen LogP contribution >= 0.6 is 0 Å². The van der Waals surface area contributed by atoms with Gasteiger partial charge in [-0.15, -0.1) is 0 Å². The van der Waals surface area contributed by atoms with Gasteiger partial charge in [0.2, 0.25) is 5.82 Å². The second kappa shape index (κ2) is 5.01. The topological polar surface area (TPSA) is 77.8 Å². The normalized spacial score (nSPS) is 10.8. The number of hydrogen-bond donors (Lipinski definition) is 1. The number of anilines is 1. The second-order valence-electron chi connectivity index (χ2n) is 5.14. The Bertz CT molecular complexity index is 788. The van der Waals surface area contributed by atoms with E-state index in [1.807, 2.05) is 45.0 Å². The Morgan fingerprint density at radius 2 is 1.90 bits per heavy atom. The summed E-state index contributed by atoms with van der Waals surface area (Å²) in [5.74, 6) is 0.896.